The van der Waals surface area contributed by atoms with Gasteiger partial charge in [0.15, 0.2) is 0 Å². The number of hydrogen-bond donors (Lipinski definition) is 1. The number of likely N-dealkylation sites (N-methyl/N-ethyl adjacent to an activating group) is 2. The van der Waals surface area contributed by atoms with Crippen LogP contribution in [-0.2, 0) is 0 Å². The zero-order chi connectivity index (χ0) is 15.6. The highest BCUT2D eigenvalue weighted by Gasteiger charge is 2.40. The second-order valence-corrected chi connectivity index (χ2v) is 8.31. The number of hydrogen-bond acceptors (Lipinski definition) is 3. The van der Waals surface area contributed by atoms with Gasteiger partial charge in [0, 0.05) is 18.6 Å². The van der Waals surface area contributed by atoms with Crippen molar-refractivity contribution in [1.82, 2.24) is 9.80 Å². The van der Waals surface area contributed by atoms with Gasteiger partial charge in [-0.3, -0.25) is 0 Å². The Morgan fingerprint density at radius 1 is 1.14 bits per heavy atom. The van der Waals surface area contributed by atoms with Crippen LogP contribution in [0.25, 0.3) is 0 Å². The summed E-state index contributed by atoms with van der Waals surface area (Å²) in [5.41, 5.74) is 0.395. The van der Waals surface area contributed by atoms with Crippen molar-refractivity contribution < 1.29 is 5.11 Å². The van der Waals surface area contributed by atoms with Gasteiger partial charge in [0.1, 0.15) is 0 Å². The van der Waals surface area contributed by atoms with Crippen LogP contribution in [0.4, 0.5) is 0 Å². The van der Waals surface area contributed by atoms with E-state index in [1.54, 1.807) is 0 Å². The van der Waals surface area contributed by atoms with Crippen LogP contribution in [0.15, 0.2) is 0 Å². The second kappa shape index (κ2) is 6.97. The van der Waals surface area contributed by atoms with Crippen molar-refractivity contribution in [3.05, 3.63) is 0 Å². The van der Waals surface area contributed by atoms with Gasteiger partial charge < -0.3 is 14.9 Å². The van der Waals surface area contributed by atoms with Crippen LogP contribution in [-0.4, -0.2) is 60.8 Å². The van der Waals surface area contributed by atoms with E-state index in [9.17, 15) is 5.11 Å². The van der Waals surface area contributed by atoms with E-state index in [1.165, 1.54) is 32.1 Å². The zero-order valence-corrected chi connectivity index (χ0v) is 14.8. The normalized spacial score (nSPS) is 32.7. The van der Waals surface area contributed by atoms with Crippen molar-refractivity contribution in [1.29, 1.82) is 0 Å². The van der Waals surface area contributed by atoms with Gasteiger partial charge in [0.25, 0.3) is 0 Å². The Bertz CT molecular complexity index is 325. The fourth-order valence-electron chi connectivity index (χ4n) is 4.39. The lowest BCUT2D eigenvalue weighted by molar-refractivity contribution is -0.00604. The molecule has 2 rings (SSSR count). The molecule has 3 unspecified atom stereocenters. The predicted molar refractivity (Wildman–Crippen MR) is 89.4 cm³/mol. The second-order valence-electron chi connectivity index (χ2n) is 8.31. The molecule has 3 nitrogen and oxygen atoms in total. The zero-order valence-electron chi connectivity index (χ0n) is 14.8. The molecule has 124 valence electrons. The van der Waals surface area contributed by atoms with Crippen molar-refractivity contribution in [2.75, 3.05) is 34.2 Å². The third-order valence-corrected chi connectivity index (χ3v) is 6.27. The highest BCUT2D eigenvalue weighted by atomic mass is 16.3. The molecule has 0 aliphatic heterocycles. The summed E-state index contributed by atoms with van der Waals surface area (Å²) in [6.07, 6.45) is 7.35. The molecule has 0 saturated heterocycles. The molecule has 0 aromatic heterocycles. The average Bonchev–Trinajstić information content (AvgIpc) is 2.35. The van der Waals surface area contributed by atoms with Crippen molar-refractivity contribution in [3.63, 3.8) is 0 Å². The maximum atomic E-state index is 10.4. The summed E-state index contributed by atoms with van der Waals surface area (Å²) in [6.45, 7) is 6.87. The fraction of sp³-hybridized carbons (Fsp3) is 1.00. The third-order valence-electron chi connectivity index (χ3n) is 6.27. The van der Waals surface area contributed by atoms with Crippen LogP contribution >= 0.6 is 0 Å². The van der Waals surface area contributed by atoms with Gasteiger partial charge in [-0.25, -0.2) is 0 Å². The first kappa shape index (κ1) is 17.2. The summed E-state index contributed by atoms with van der Waals surface area (Å²) >= 11 is 0. The molecule has 2 aliphatic carbocycles. The Morgan fingerprint density at radius 2 is 1.81 bits per heavy atom. The van der Waals surface area contributed by atoms with Crippen LogP contribution in [0.3, 0.4) is 0 Å². The standard InChI is InChI=1S/C18H36N2O/c1-14(2)15-7-8-17(21)16(11-15)12-20(5)13-18(19(3)4)9-6-10-18/h14-17,21H,6-13H2,1-5H3. The van der Waals surface area contributed by atoms with Gasteiger partial charge in [0.2, 0.25) is 0 Å². The monoisotopic (exact) mass is 296 g/mol. The number of aliphatic hydroxyl groups is 1. The lowest BCUT2D eigenvalue weighted by atomic mass is 9.73. The van der Waals surface area contributed by atoms with Crippen LogP contribution < -0.4 is 0 Å². The van der Waals surface area contributed by atoms with E-state index < -0.39 is 0 Å². The molecule has 2 fully saturated rings. The molecule has 0 spiro atoms. The largest absolute Gasteiger partial charge is 0.393 e. The van der Waals surface area contributed by atoms with Gasteiger partial charge in [-0.2, -0.15) is 0 Å². The lowest BCUT2D eigenvalue weighted by Gasteiger charge is -2.50. The highest BCUT2D eigenvalue weighted by Crippen LogP contribution is 2.38. The topological polar surface area (TPSA) is 26.7 Å². The van der Waals surface area contributed by atoms with E-state index in [0.717, 1.165) is 31.3 Å². The van der Waals surface area contributed by atoms with Gasteiger partial charge in [-0.1, -0.05) is 13.8 Å². The molecule has 3 atom stereocenters. The highest BCUT2D eigenvalue weighted by molar-refractivity contribution is 4.98. The first-order valence-corrected chi connectivity index (χ1v) is 8.88. The first-order valence-electron chi connectivity index (χ1n) is 8.88. The minimum atomic E-state index is -0.0841. The van der Waals surface area contributed by atoms with Gasteiger partial charge >= 0.3 is 0 Å². The summed E-state index contributed by atoms with van der Waals surface area (Å²) in [4.78, 5) is 4.90. The Hall–Kier alpha value is -0.120. The molecule has 0 radical (unpaired) electrons. The van der Waals surface area contributed by atoms with E-state index in [1.807, 2.05) is 0 Å². The molecule has 2 aliphatic rings. The number of aliphatic hydroxyl groups excluding tert-OH is 1. The average molecular weight is 296 g/mol. The minimum absolute atomic E-state index is 0.0841. The van der Waals surface area contributed by atoms with Crippen molar-refractivity contribution in [3.8, 4) is 0 Å². The molecular weight excluding hydrogens is 260 g/mol. The van der Waals surface area contributed by atoms with E-state index >= 15 is 0 Å². The SMILES string of the molecule is CC(C)C1CCC(O)C(CN(C)CC2(N(C)C)CCC2)C1. The van der Waals surface area contributed by atoms with Crippen molar-refractivity contribution in [2.45, 2.75) is 64.0 Å². The van der Waals surface area contributed by atoms with Crippen LogP contribution in [0.5, 0.6) is 0 Å². The Balaban J connectivity index is 1.87. The van der Waals surface area contributed by atoms with E-state index in [4.69, 9.17) is 0 Å². The molecule has 0 aromatic carbocycles. The summed E-state index contributed by atoms with van der Waals surface area (Å²) in [5.74, 6) is 2.03. The molecule has 0 heterocycles. The minimum Gasteiger partial charge on any atom is -0.393 e. The number of rotatable bonds is 6. The summed E-state index contributed by atoms with van der Waals surface area (Å²) in [6, 6.07) is 0. The Morgan fingerprint density at radius 3 is 2.29 bits per heavy atom. The quantitative estimate of drug-likeness (QED) is 0.816. The molecule has 2 saturated carbocycles. The molecule has 3 heteroatoms. The fourth-order valence-corrected chi connectivity index (χ4v) is 4.39. The van der Waals surface area contributed by atoms with E-state index in [0.29, 0.717) is 11.5 Å². The van der Waals surface area contributed by atoms with Crippen molar-refractivity contribution in [2.24, 2.45) is 17.8 Å². The molecule has 0 bridgehead atoms. The predicted octanol–water partition coefficient (Wildman–Crippen LogP) is 2.84. The summed E-state index contributed by atoms with van der Waals surface area (Å²) in [7, 11) is 6.68. The maximum Gasteiger partial charge on any atom is 0.0580 e. The van der Waals surface area contributed by atoms with E-state index in [2.05, 4.69) is 44.8 Å². The van der Waals surface area contributed by atoms with Gasteiger partial charge in [-0.05, 0) is 77.4 Å². The molecule has 21 heavy (non-hydrogen) atoms. The first-order chi connectivity index (χ1) is 9.84. The maximum absolute atomic E-state index is 10.4. The number of nitrogens with zero attached hydrogens (tertiary/aromatic N) is 2. The van der Waals surface area contributed by atoms with E-state index in [-0.39, 0.29) is 6.10 Å². The molecule has 1 N–H and O–H groups in total. The summed E-state index contributed by atoms with van der Waals surface area (Å²) in [5, 5.41) is 10.4. The van der Waals surface area contributed by atoms with Crippen molar-refractivity contribution >= 4 is 0 Å². The molecule has 0 aromatic rings. The van der Waals surface area contributed by atoms with Gasteiger partial charge in [0.05, 0.1) is 6.10 Å². The molecule has 0 amide bonds. The lowest BCUT2D eigenvalue weighted by Crippen LogP contribution is -2.57. The van der Waals surface area contributed by atoms with Gasteiger partial charge in [-0.15, -0.1) is 0 Å². The smallest absolute Gasteiger partial charge is 0.0580 e. The van der Waals surface area contributed by atoms with Crippen LogP contribution in [0, 0.1) is 17.8 Å². The Kier molecular flexibility index (Phi) is 5.72. The van der Waals surface area contributed by atoms with Crippen LogP contribution in [0.2, 0.25) is 0 Å². The molecular formula is C18H36N2O. The Labute approximate surface area is 131 Å². The summed E-state index contributed by atoms with van der Waals surface area (Å²) < 4.78 is 0. The van der Waals surface area contributed by atoms with Crippen LogP contribution in [0.1, 0.15) is 52.4 Å². The third kappa shape index (κ3) is 4.00.